The van der Waals surface area contributed by atoms with Crippen LogP contribution in [-0.2, 0) is 0 Å². The number of aromatic nitrogens is 3. The average Bonchev–Trinajstić information content (AvgIpc) is 2.69. The van der Waals surface area contributed by atoms with Crippen LogP contribution < -0.4 is 15.0 Å². The smallest absolute Gasteiger partial charge is 0.249 e. The Morgan fingerprint density at radius 2 is 1.81 bits per heavy atom. The van der Waals surface area contributed by atoms with E-state index in [0.29, 0.717) is 11.7 Å². The first-order valence-corrected chi connectivity index (χ1v) is 8.76. The van der Waals surface area contributed by atoms with Crippen LogP contribution in [0.1, 0.15) is 19.8 Å². The Bertz CT molecular complexity index is 825. The minimum atomic E-state index is 0.440. The van der Waals surface area contributed by atoms with Crippen LogP contribution in [0, 0.1) is 0 Å². The lowest BCUT2D eigenvalue weighted by Gasteiger charge is -2.18. The van der Waals surface area contributed by atoms with Crippen molar-refractivity contribution in [3.05, 3.63) is 60.8 Å². The summed E-state index contributed by atoms with van der Waals surface area (Å²) in [5, 5.41) is 11.4. The summed E-state index contributed by atoms with van der Waals surface area (Å²) in [5.74, 6) is 2.70. The van der Waals surface area contributed by atoms with Crippen LogP contribution in [0.3, 0.4) is 0 Å². The molecule has 0 amide bonds. The Morgan fingerprint density at radius 3 is 2.62 bits per heavy atom. The van der Waals surface area contributed by atoms with E-state index in [-0.39, 0.29) is 0 Å². The van der Waals surface area contributed by atoms with Crippen LogP contribution >= 0.6 is 0 Å². The van der Waals surface area contributed by atoms with Gasteiger partial charge in [-0.2, -0.15) is 10.1 Å². The molecule has 0 bridgehead atoms. The molecule has 0 radical (unpaired) electrons. The molecular formula is C20H23N5O. The minimum absolute atomic E-state index is 0.440. The van der Waals surface area contributed by atoms with Gasteiger partial charge in [0.25, 0.3) is 0 Å². The largest absolute Gasteiger partial charge is 0.455 e. The maximum atomic E-state index is 5.96. The van der Waals surface area contributed by atoms with Gasteiger partial charge in [0.15, 0.2) is 11.6 Å². The first kappa shape index (κ1) is 17.7. The number of nitrogens with one attached hydrogen (secondary N) is 1. The fraction of sp³-hybridized carbons (Fsp3) is 0.250. The van der Waals surface area contributed by atoms with E-state index >= 15 is 0 Å². The lowest BCUT2D eigenvalue weighted by molar-refractivity contribution is 0.485. The van der Waals surface area contributed by atoms with Gasteiger partial charge >= 0.3 is 0 Å². The van der Waals surface area contributed by atoms with Crippen molar-refractivity contribution in [1.29, 1.82) is 0 Å². The number of rotatable bonds is 8. The second-order valence-electron chi connectivity index (χ2n) is 5.95. The zero-order chi connectivity index (χ0) is 18.2. The molecule has 3 aromatic rings. The monoisotopic (exact) mass is 349 g/mol. The average molecular weight is 349 g/mol. The van der Waals surface area contributed by atoms with E-state index in [2.05, 4.69) is 32.3 Å². The fourth-order valence-electron chi connectivity index (χ4n) is 2.44. The first-order chi connectivity index (χ1) is 12.8. The van der Waals surface area contributed by atoms with Crippen molar-refractivity contribution in [2.45, 2.75) is 19.8 Å². The molecule has 0 saturated heterocycles. The number of ether oxygens (including phenoxy) is 1. The van der Waals surface area contributed by atoms with Gasteiger partial charge in [-0.3, -0.25) is 0 Å². The summed E-state index contributed by atoms with van der Waals surface area (Å²) in [5.41, 5.74) is 0.784. The number of anilines is 3. The Balaban J connectivity index is 1.77. The van der Waals surface area contributed by atoms with Gasteiger partial charge in [-0.05, 0) is 30.7 Å². The van der Waals surface area contributed by atoms with Crippen LogP contribution in [-0.4, -0.2) is 28.8 Å². The molecule has 0 aliphatic rings. The number of hydrogen-bond donors (Lipinski definition) is 1. The van der Waals surface area contributed by atoms with Crippen molar-refractivity contribution in [3.8, 4) is 11.5 Å². The highest BCUT2D eigenvalue weighted by atomic mass is 16.5. The summed E-state index contributed by atoms with van der Waals surface area (Å²) in [6, 6.07) is 17.4. The molecule has 6 nitrogen and oxygen atoms in total. The number of hydrogen-bond acceptors (Lipinski definition) is 6. The summed E-state index contributed by atoms with van der Waals surface area (Å²) in [6.45, 7) is 3.10. The first-order valence-electron chi connectivity index (χ1n) is 8.76. The fourth-order valence-corrected chi connectivity index (χ4v) is 2.44. The van der Waals surface area contributed by atoms with Crippen molar-refractivity contribution in [3.63, 3.8) is 0 Å². The number of para-hydroxylation sites is 3. The predicted molar refractivity (Wildman–Crippen MR) is 104 cm³/mol. The summed E-state index contributed by atoms with van der Waals surface area (Å²) in [6.07, 6.45) is 3.92. The van der Waals surface area contributed by atoms with Gasteiger partial charge in [0, 0.05) is 13.6 Å². The molecule has 0 spiro atoms. The van der Waals surface area contributed by atoms with E-state index in [1.54, 1.807) is 6.20 Å². The van der Waals surface area contributed by atoms with Crippen molar-refractivity contribution in [2.75, 3.05) is 23.8 Å². The van der Waals surface area contributed by atoms with Crippen LogP contribution in [0.15, 0.2) is 60.8 Å². The third-order valence-corrected chi connectivity index (χ3v) is 3.89. The molecule has 134 valence electrons. The summed E-state index contributed by atoms with van der Waals surface area (Å²) >= 11 is 0. The Hall–Kier alpha value is -3.15. The van der Waals surface area contributed by atoms with Crippen molar-refractivity contribution in [2.24, 2.45) is 0 Å². The molecule has 6 heteroatoms. The van der Waals surface area contributed by atoms with Gasteiger partial charge in [0.1, 0.15) is 5.75 Å². The van der Waals surface area contributed by atoms with E-state index < -0.39 is 0 Å². The van der Waals surface area contributed by atoms with Crippen LogP contribution in [0.25, 0.3) is 0 Å². The second kappa shape index (κ2) is 8.80. The van der Waals surface area contributed by atoms with E-state index in [1.165, 1.54) is 0 Å². The summed E-state index contributed by atoms with van der Waals surface area (Å²) < 4.78 is 5.96. The molecule has 1 N–H and O–H groups in total. The van der Waals surface area contributed by atoms with E-state index in [1.807, 2.05) is 61.6 Å². The molecule has 1 aromatic heterocycles. The topological polar surface area (TPSA) is 63.2 Å². The molecule has 2 aromatic carbocycles. The van der Waals surface area contributed by atoms with Crippen LogP contribution in [0.5, 0.6) is 11.5 Å². The molecule has 26 heavy (non-hydrogen) atoms. The van der Waals surface area contributed by atoms with Crippen molar-refractivity contribution >= 4 is 17.5 Å². The van der Waals surface area contributed by atoms with E-state index in [4.69, 9.17) is 4.74 Å². The predicted octanol–water partition coefficient (Wildman–Crippen LogP) is 4.64. The molecule has 1 heterocycles. The normalized spacial score (nSPS) is 10.4. The van der Waals surface area contributed by atoms with Gasteiger partial charge in [-0.15, -0.1) is 5.10 Å². The minimum Gasteiger partial charge on any atom is -0.455 e. The maximum absolute atomic E-state index is 5.96. The van der Waals surface area contributed by atoms with Gasteiger partial charge in [0.05, 0.1) is 11.9 Å². The molecular weight excluding hydrogens is 326 g/mol. The molecule has 0 aliphatic heterocycles. The summed E-state index contributed by atoms with van der Waals surface area (Å²) in [4.78, 5) is 6.63. The SMILES string of the molecule is CCCCN(C)c1cnnc(Nc2ccccc2Oc2ccccc2)n1. The Kier molecular flexibility index (Phi) is 5.98. The molecule has 0 unspecified atom stereocenters. The zero-order valence-corrected chi connectivity index (χ0v) is 15.1. The third-order valence-electron chi connectivity index (χ3n) is 3.89. The van der Waals surface area contributed by atoms with E-state index in [0.717, 1.165) is 36.6 Å². The molecule has 3 rings (SSSR count). The lowest BCUT2D eigenvalue weighted by atomic mass is 10.3. The quantitative estimate of drug-likeness (QED) is 0.639. The summed E-state index contributed by atoms with van der Waals surface area (Å²) in [7, 11) is 2.01. The Labute approximate surface area is 153 Å². The van der Waals surface area contributed by atoms with Crippen LogP contribution in [0.4, 0.5) is 17.5 Å². The number of benzene rings is 2. The Morgan fingerprint density at radius 1 is 1.04 bits per heavy atom. The molecule has 0 saturated carbocycles. The van der Waals surface area contributed by atoms with Crippen LogP contribution in [0.2, 0.25) is 0 Å². The van der Waals surface area contributed by atoms with Gasteiger partial charge < -0.3 is 15.0 Å². The second-order valence-corrected chi connectivity index (χ2v) is 5.95. The van der Waals surface area contributed by atoms with Gasteiger partial charge in [0.2, 0.25) is 5.95 Å². The highest BCUT2D eigenvalue weighted by Crippen LogP contribution is 2.30. The molecule has 0 fully saturated rings. The molecule has 0 atom stereocenters. The zero-order valence-electron chi connectivity index (χ0n) is 15.1. The number of nitrogens with zero attached hydrogens (tertiary/aromatic N) is 4. The maximum Gasteiger partial charge on any atom is 0.249 e. The highest BCUT2D eigenvalue weighted by molar-refractivity contribution is 5.63. The van der Waals surface area contributed by atoms with Gasteiger partial charge in [-0.1, -0.05) is 43.7 Å². The lowest BCUT2D eigenvalue weighted by Crippen LogP contribution is -2.20. The molecule has 0 aliphatic carbocycles. The van der Waals surface area contributed by atoms with Gasteiger partial charge in [-0.25, -0.2) is 0 Å². The van der Waals surface area contributed by atoms with E-state index in [9.17, 15) is 0 Å². The number of unbranched alkanes of at least 4 members (excludes halogenated alkanes) is 1. The third kappa shape index (κ3) is 4.69. The van der Waals surface area contributed by atoms with Crippen molar-refractivity contribution in [1.82, 2.24) is 15.2 Å². The highest BCUT2D eigenvalue weighted by Gasteiger charge is 2.09. The van der Waals surface area contributed by atoms with Crippen molar-refractivity contribution < 1.29 is 4.74 Å². The standard InChI is InChI=1S/C20H23N5O/c1-3-4-14-25(2)19-15-21-24-20(23-19)22-17-12-8-9-13-18(17)26-16-10-6-5-7-11-16/h5-13,15H,3-4,14H2,1-2H3,(H,22,23,24).